The predicted molar refractivity (Wildman–Crippen MR) is 98.7 cm³/mol. The molecule has 140 valence electrons. The Hall–Kier alpha value is -2.90. The maximum atomic E-state index is 13.8. The molecule has 1 N–H and O–H groups in total. The van der Waals surface area contributed by atoms with E-state index in [0.717, 1.165) is 22.5 Å². The van der Waals surface area contributed by atoms with Gasteiger partial charge in [0.25, 0.3) is 5.92 Å². The number of nitrogens with one attached hydrogen (secondary N) is 1. The Kier molecular flexibility index (Phi) is 4.33. The Bertz CT molecular complexity index is 1010. The highest BCUT2D eigenvalue weighted by Crippen LogP contribution is 2.43. The van der Waals surface area contributed by atoms with Gasteiger partial charge in [-0.2, -0.15) is 5.10 Å². The molecule has 0 bridgehead atoms. The third-order valence-corrected chi connectivity index (χ3v) is 4.75. The number of anilines is 1. The maximum absolute atomic E-state index is 13.8. The second kappa shape index (κ2) is 6.68. The zero-order chi connectivity index (χ0) is 19.0. The molecule has 6 nitrogen and oxygen atoms in total. The molecule has 0 amide bonds. The number of imidazole rings is 1. The van der Waals surface area contributed by atoms with Crippen LogP contribution in [0.15, 0.2) is 36.8 Å². The fourth-order valence-electron chi connectivity index (χ4n) is 3.06. The topological polar surface area (TPSA) is 68.0 Å². The van der Waals surface area contributed by atoms with Gasteiger partial charge in [-0.3, -0.25) is 0 Å². The number of rotatable bonds is 6. The van der Waals surface area contributed by atoms with E-state index in [4.69, 9.17) is 0 Å². The van der Waals surface area contributed by atoms with Crippen LogP contribution in [0.25, 0.3) is 11.2 Å². The molecule has 1 aliphatic carbocycles. The molecule has 3 aromatic heterocycles. The molecule has 1 saturated carbocycles. The van der Waals surface area contributed by atoms with Crippen LogP contribution in [0, 0.1) is 12.8 Å². The van der Waals surface area contributed by atoms with Gasteiger partial charge in [0, 0.05) is 35.6 Å². The van der Waals surface area contributed by atoms with Crippen LogP contribution >= 0.6 is 0 Å². The van der Waals surface area contributed by atoms with Gasteiger partial charge >= 0.3 is 0 Å². The van der Waals surface area contributed by atoms with E-state index < -0.39 is 18.4 Å². The zero-order valence-electron chi connectivity index (χ0n) is 15.2. The quantitative estimate of drug-likeness (QED) is 0.716. The number of halogens is 2. The number of aromatic nitrogens is 5. The van der Waals surface area contributed by atoms with Crippen LogP contribution in [0.4, 0.5) is 14.7 Å². The molecule has 1 aliphatic rings. The molecule has 0 radical (unpaired) electrons. The molecule has 8 heteroatoms. The van der Waals surface area contributed by atoms with E-state index in [0.29, 0.717) is 18.5 Å². The maximum Gasteiger partial charge on any atom is 0.267 e. The predicted octanol–water partition coefficient (Wildman–Crippen LogP) is 3.74. The molecule has 0 aromatic carbocycles. The second-order valence-electron chi connectivity index (χ2n) is 6.73. The molecule has 27 heavy (non-hydrogen) atoms. The third kappa shape index (κ3) is 3.51. The summed E-state index contributed by atoms with van der Waals surface area (Å²) in [6, 6.07) is 3.78. The molecule has 0 spiro atoms. The highest BCUT2D eigenvalue weighted by molar-refractivity contribution is 5.78. The molecule has 1 fully saturated rings. The minimum Gasteiger partial charge on any atom is -0.348 e. The monoisotopic (exact) mass is 370 g/mol. The van der Waals surface area contributed by atoms with Crippen molar-refractivity contribution < 1.29 is 8.78 Å². The van der Waals surface area contributed by atoms with Crippen molar-refractivity contribution in [3.8, 4) is 0 Å². The van der Waals surface area contributed by atoms with Crippen LogP contribution in [0.2, 0.25) is 0 Å². The first-order chi connectivity index (χ1) is 13.0. The van der Waals surface area contributed by atoms with E-state index in [1.54, 1.807) is 23.1 Å². The highest BCUT2D eigenvalue weighted by atomic mass is 19.3. The summed E-state index contributed by atoms with van der Waals surface area (Å²) in [7, 11) is 0. The summed E-state index contributed by atoms with van der Waals surface area (Å²) in [6.07, 6.45) is 8.23. The van der Waals surface area contributed by atoms with Crippen molar-refractivity contribution >= 4 is 17.2 Å². The van der Waals surface area contributed by atoms with Crippen molar-refractivity contribution in [2.45, 2.75) is 32.6 Å². The average molecular weight is 370 g/mol. The lowest BCUT2D eigenvalue weighted by Gasteiger charge is -2.17. The average Bonchev–Trinajstić information content (AvgIpc) is 3.42. The Labute approximate surface area is 155 Å². The lowest BCUT2D eigenvalue weighted by atomic mass is 10.0. The van der Waals surface area contributed by atoms with Crippen molar-refractivity contribution in [3.63, 3.8) is 0 Å². The first kappa shape index (κ1) is 17.5. The van der Waals surface area contributed by atoms with Crippen molar-refractivity contribution in [3.05, 3.63) is 53.8 Å². The van der Waals surface area contributed by atoms with E-state index in [9.17, 15) is 8.78 Å². The summed E-state index contributed by atoms with van der Waals surface area (Å²) >= 11 is 0. The number of nitrogens with zero attached hydrogens (tertiary/aromatic N) is 5. The van der Waals surface area contributed by atoms with E-state index >= 15 is 0 Å². The van der Waals surface area contributed by atoms with Gasteiger partial charge in [-0.05, 0) is 38.8 Å². The third-order valence-electron chi connectivity index (χ3n) is 4.75. The fraction of sp³-hybridized carbons (Fsp3) is 0.368. The van der Waals surface area contributed by atoms with Gasteiger partial charge in [0.15, 0.2) is 5.65 Å². The Morgan fingerprint density at radius 1 is 1.33 bits per heavy atom. The molecular formula is C19H20F2N6. The van der Waals surface area contributed by atoms with Gasteiger partial charge in [0.05, 0.1) is 17.9 Å². The molecule has 0 unspecified atom stereocenters. The summed E-state index contributed by atoms with van der Waals surface area (Å²) < 4.78 is 29.4. The van der Waals surface area contributed by atoms with Gasteiger partial charge in [0.2, 0.25) is 5.95 Å². The number of aryl methyl sites for hydroxylation is 1. The van der Waals surface area contributed by atoms with Crippen molar-refractivity contribution in [2.75, 3.05) is 11.9 Å². The summed E-state index contributed by atoms with van der Waals surface area (Å²) in [5.41, 5.74) is 3.90. The largest absolute Gasteiger partial charge is 0.348 e. The molecule has 0 atom stereocenters. The van der Waals surface area contributed by atoms with Crippen LogP contribution in [0.3, 0.4) is 0 Å². The SMILES string of the molecule is C/C=C(/c1ccc2nccn2n1)c1cnc(NCC(F)(F)C2CC2)nc1C. The van der Waals surface area contributed by atoms with E-state index in [2.05, 4.69) is 25.4 Å². The fourth-order valence-corrected chi connectivity index (χ4v) is 3.06. The smallest absolute Gasteiger partial charge is 0.267 e. The van der Waals surface area contributed by atoms with Crippen molar-refractivity contribution in [2.24, 2.45) is 5.92 Å². The Morgan fingerprint density at radius 3 is 2.85 bits per heavy atom. The van der Waals surface area contributed by atoms with Crippen LogP contribution in [0.1, 0.15) is 36.7 Å². The van der Waals surface area contributed by atoms with Crippen LogP contribution in [-0.2, 0) is 0 Å². The van der Waals surface area contributed by atoms with Gasteiger partial charge in [0.1, 0.15) is 0 Å². The normalized spacial score (nSPS) is 15.3. The number of allylic oxidation sites excluding steroid dienone is 1. The summed E-state index contributed by atoms with van der Waals surface area (Å²) in [5, 5.41) is 7.23. The van der Waals surface area contributed by atoms with Gasteiger partial charge in [-0.25, -0.2) is 28.2 Å². The zero-order valence-corrected chi connectivity index (χ0v) is 15.2. The minimum atomic E-state index is -2.71. The molecule has 3 aromatic rings. The minimum absolute atomic E-state index is 0.213. The second-order valence-corrected chi connectivity index (χ2v) is 6.73. The summed E-state index contributed by atoms with van der Waals surface area (Å²) in [5.74, 6) is -3.01. The van der Waals surface area contributed by atoms with E-state index in [1.807, 2.05) is 32.1 Å². The van der Waals surface area contributed by atoms with E-state index in [-0.39, 0.29) is 5.95 Å². The lowest BCUT2D eigenvalue weighted by Crippen LogP contribution is -2.30. The lowest BCUT2D eigenvalue weighted by molar-refractivity contribution is -0.00832. The number of hydrogen-bond donors (Lipinski definition) is 1. The molecule has 3 heterocycles. The molecule has 4 rings (SSSR count). The van der Waals surface area contributed by atoms with Gasteiger partial charge < -0.3 is 5.32 Å². The van der Waals surface area contributed by atoms with Crippen LogP contribution in [0.5, 0.6) is 0 Å². The number of hydrogen-bond acceptors (Lipinski definition) is 5. The summed E-state index contributed by atoms with van der Waals surface area (Å²) in [6.45, 7) is 3.31. The standard InChI is InChI=1S/C19H20F2N6/c1-3-14(16-6-7-17-22-8-9-27(17)26-16)15-10-23-18(25-12(15)2)24-11-19(20,21)13-4-5-13/h3,6-10,13H,4-5,11H2,1-2H3,(H,23,24,25)/b14-3+. The van der Waals surface area contributed by atoms with Gasteiger partial charge in [-0.1, -0.05) is 6.08 Å². The molecule has 0 aliphatic heterocycles. The van der Waals surface area contributed by atoms with Crippen LogP contribution < -0.4 is 5.32 Å². The summed E-state index contributed by atoms with van der Waals surface area (Å²) in [4.78, 5) is 12.8. The number of alkyl halides is 2. The van der Waals surface area contributed by atoms with E-state index in [1.165, 1.54) is 0 Å². The van der Waals surface area contributed by atoms with Crippen LogP contribution in [-0.4, -0.2) is 37.0 Å². The van der Waals surface area contributed by atoms with Gasteiger partial charge in [-0.15, -0.1) is 0 Å². The van der Waals surface area contributed by atoms with Crippen molar-refractivity contribution in [1.82, 2.24) is 24.6 Å². The van der Waals surface area contributed by atoms with Crippen molar-refractivity contribution in [1.29, 1.82) is 0 Å². The number of fused-ring (bicyclic) bond motifs is 1. The highest BCUT2D eigenvalue weighted by Gasteiger charge is 2.46. The Balaban J connectivity index is 1.57. The molecule has 0 saturated heterocycles. The first-order valence-corrected chi connectivity index (χ1v) is 8.91. The molecular weight excluding hydrogens is 350 g/mol. The first-order valence-electron chi connectivity index (χ1n) is 8.91. The Morgan fingerprint density at radius 2 is 2.15 bits per heavy atom.